The lowest BCUT2D eigenvalue weighted by molar-refractivity contribution is -0.172. The Morgan fingerprint density at radius 1 is 0.802 bits per heavy atom. The number of nitrogens with zero attached hydrogens (tertiary/aromatic N) is 3. The third-order valence-electron chi connectivity index (χ3n) is 16.8. The van der Waals surface area contributed by atoms with Gasteiger partial charge >= 0.3 is 23.9 Å². The second kappa shape index (κ2) is 29.6. The molecule has 2 aromatic heterocycles. The van der Waals surface area contributed by atoms with E-state index in [1.807, 2.05) is 0 Å². The normalized spacial score (nSPS) is 16.7. The van der Waals surface area contributed by atoms with Crippen LogP contribution in [0.5, 0.6) is 0 Å². The zero-order valence-electron chi connectivity index (χ0n) is 50.1. The number of cyclic esters (lactones) is 1. The first-order valence-corrected chi connectivity index (χ1v) is 32.0. The SMILES string of the molecule is CC[C@@]1(O)C(=O)OCc2c1cc1n(c2=O)Cc2c-1nc1cc(F)c(C)c3c1c2[C@@H](NC(=O)COCNC(=O)CNC(=O)C(Cc1ccccc1)NC(=O)CNC(=O)CNC(=O)CCCCCN1C(=O)CC([P+](CCC(=O)O)(CCC(=O)O)CCC(=O)O)=C1O)CC3. The maximum Gasteiger partial charge on any atom is 0.343 e. The Balaban J connectivity index is 0.770. The van der Waals surface area contributed by atoms with Crippen LogP contribution in [0.1, 0.15) is 116 Å². The number of aryl methyl sites for hydroxylation is 1. The number of rotatable bonds is 32. The van der Waals surface area contributed by atoms with Crippen LogP contribution in [0, 0.1) is 12.7 Å². The molecular weight excluding hydrogens is 1210 g/mol. The molecule has 5 heterocycles. The number of unbranched alkanes of at least 4 members (excludes halogenated alkanes) is 2. The number of esters is 1. The topological polar surface area (TPSA) is 418 Å². The van der Waals surface area contributed by atoms with Crippen LogP contribution in [0.4, 0.5) is 4.39 Å². The molecule has 486 valence electrons. The van der Waals surface area contributed by atoms with Crippen molar-refractivity contribution < 1.29 is 92.1 Å². The predicted molar refractivity (Wildman–Crippen MR) is 321 cm³/mol. The van der Waals surface area contributed by atoms with Crippen LogP contribution in [0.3, 0.4) is 0 Å². The number of carboxylic acid groups (broad SMARTS) is 3. The summed E-state index contributed by atoms with van der Waals surface area (Å²) in [6.45, 7) is 0.304. The van der Waals surface area contributed by atoms with Crippen LogP contribution in [0.2, 0.25) is 0 Å². The summed E-state index contributed by atoms with van der Waals surface area (Å²) in [5.41, 5.74) is 1.59. The van der Waals surface area contributed by atoms with Crippen molar-refractivity contribution in [1.29, 1.82) is 0 Å². The summed E-state index contributed by atoms with van der Waals surface area (Å²) in [6.07, 6.45) is -0.216. The van der Waals surface area contributed by atoms with Crippen molar-refractivity contribution in [2.24, 2.45) is 0 Å². The van der Waals surface area contributed by atoms with Gasteiger partial charge in [-0.05, 0) is 67.3 Å². The van der Waals surface area contributed by atoms with E-state index in [2.05, 4.69) is 31.9 Å². The number of aliphatic hydroxyl groups is 2. The highest BCUT2D eigenvalue weighted by molar-refractivity contribution is 7.80. The smallest absolute Gasteiger partial charge is 0.343 e. The summed E-state index contributed by atoms with van der Waals surface area (Å²) < 4.78 is 27.6. The molecule has 7 amide bonds. The van der Waals surface area contributed by atoms with Crippen LogP contribution in [-0.4, -0.2) is 169 Å². The van der Waals surface area contributed by atoms with Crippen molar-refractivity contribution in [1.82, 2.24) is 46.4 Å². The van der Waals surface area contributed by atoms with Crippen molar-refractivity contribution in [2.75, 3.05) is 58.0 Å². The average molecular weight is 1290 g/mol. The molecule has 8 rings (SSSR count). The minimum Gasteiger partial charge on any atom is -0.492 e. The molecular formula is C61H72FN9O19P+. The Labute approximate surface area is 520 Å². The van der Waals surface area contributed by atoms with Crippen molar-refractivity contribution >= 4 is 83.4 Å². The number of aliphatic carboxylic acids is 3. The first kappa shape index (κ1) is 67.7. The first-order valence-electron chi connectivity index (χ1n) is 29.7. The number of halogens is 1. The molecule has 3 atom stereocenters. The van der Waals surface area contributed by atoms with E-state index in [0.717, 1.165) is 4.90 Å². The first-order chi connectivity index (χ1) is 43.3. The summed E-state index contributed by atoms with van der Waals surface area (Å²) in [5.74, 6) is -9.95. The van der Waals surface area contributed by atoms with E-state index in [-0.39, 0.29) is 85.8 Å². The van der Waals surface area contributed by atoms with Gasteiger partial charge in [-0.2, -0.15) is 0 Å². The monoisotopic (exact) mass is 1280 g/mol. The molecule has 4 aromatic rings. The number of benzene rings is 2. The van der Waals surface area contributed by atoms with Crippen LogP contribution < -0.4 is 37.5 Å². The molecule has 1 unspecified atom stereocenters. The Morgan fingerprint density at radius 2 is 1.45 bits per heavy atom. The molecule has 0 bridgehead atoms. The van der Waals surface area contributed by atoms with Crippen molar-refractivity contribution in [2.45, 2.75) is 122 Å². The lowest BCUT2D eigenvalue weighted by atomic mass is 9.81. The number of pyridine rings is 2. The van der Waals surface area contributed by atoms with Gasteiger partial charge in [-0.15, -0.1) is 0 Å². The van der Waals surface area contributed by atoms with Gasteiger partial charge in [0.25, 0.3) is 5.56 Å². The van der Waals surface area contributed by atoms with E-state index >= 15 is 4.39 Å². The molecule has 1 aliphatic carbocycles. The molecule has 0 saturated heterocycles. The van der Waals surface area contributed by atoms with E-state index in [1.54, 1.807) is 50.2 Å². The van der Waals surface area contributed by atoms with E-state index in [1.165, 1.54) is 10.6 Å². The van der Waals surface area contributed by atoms with E-state index in [0.29, 0.717) is 76.7 Å². The van der Waals surface area contributed by atoms with Gasteiger partial charge in [0.05, 0.1) is 106 Å². The molecule has 0 fully saturated rings. The fourth-order valence-electron chi connectivity index (χ4n) is 12.0. The zero-order valence-corrected chi connectivity index (χ0v) is 51.0. The van der Waals surface area contributed by atoms with Crippen LogP contribution >= 0.6 is 7.26 Å². The van der Waals surface area contributed by atoms with Gasteiger partial charge in [-0.1, -0.05) is 43.7 Å². The Morgan fingerprint density at radius 3 is 2.12 bits per heavy atom. The minimum atomic E-state index is -2.92. The van der Waals surface area contributed by atoms with Crippen LogP contribution in [0.15, 0.2) is 58.5 Å². The summed E-state index contributed by atoms with van der Waals surface area (Å²) in [6, 6.07) is 9.58. The fraction of sp³-hybridized carbons (Fsp3) is 0.459. The van der Waals surface area contributed by atoms with E-state index in [4.69, 9.17) is 14.5 Å². The number of carboxylic acids is 3. The summed E-state index contributed by atoms with van der Waals surface area (Å²) in [7, 11) is -2.92. The summed E-state index contributed by atoms with van der Waals surface area (Å²) >= 11 is 0. The quantitative estimate of drug-likeness (QED) is 0.0126. The second-order valence-corrected chi connectivity index (χ2v) is 26.9. The molecule has 4 aliphatic rings. The number of amides is 7. The molecule has 0 saturated carbocycles. The third kappa shape index (κ3) is 15.9. The van der Waals surface area contributed by atoms with Crippen molar-refractivity contribution in [3.8, 4) is 11.4 Å². The molecule has 30 heteroatoms. The molecule has 28 nitrogen and oxygen atoms in total. The highest BCUT2D eigenvalue weighted by Gasteiger charge is 2.51. The average Bonchev–Trinajstić information content (AvgIpc) is 1.62. The van der Waals surface area contributed by atoms with Gasteiger partial charge in [0.15, 0.2) is 5.60 Å². The minimum absolute atomic E-state index is 0.00984. The molecule has 2 aromatic carbocycles. The largest absolute Gasteiger partial charge is 0.492 e. The number of fused-ring (bicyclic) bond motifs is 5. The number of carbonyl (C=O) groups is 11. The maximum atomic E-state index is 15.4. The molecule has 0 spiro atoms. The van der Waals surface area contributed by atoms with Crippen LogP contribution in [-0.2, 0) is 93.8 Å². The number of hydrogen-bond acceptors (Lipinski definition) is 17. The lowest BCUT2D eigenvalue weighted by Crippen LogP contribution is -2.52. The highest BCUT2D eigenvalue weighted by atomic mass is 31.2. The maximum absolute atomic E-state index is 15.4. The molecule has 3 aliphatic heterocycles. The molecule has 11 N–H and O–H groups in total. The van der Waals surface area contributed by atoms with Gasteiger partial charge in [0.1, 0.15) is 37.1 Å². The van der Waals surface area contributed by atoms with Crippen molar-refractivity contribution in [3.63, 3.8) is 0 Å². The Kier molecular flexibility index (Phi) is 22.0. The predicted octanol–water partition coefficient (Wildman–Crippen LogP) is 1.76. The van der Waals surface area contributed by atoms with Crippen LogP contribution in [0.25, 0.3) is 22.3 Å². The number of aromatic nitrogens is 2. The fourth-order valence-corrected chi connectivity index (χ4v) is 16.3. The standard InChI is InChI=1S/C61H71FN9O19P/c1-3-61(88)38-23-43-56-36(29-71(43)58(85)37(38)30-90-60(61)87)55-40(14-13-35-33(2)39(62)24-41(69-56)54(35)55)67-49(76)31-89-32-66-47(74)27-65-57(84)42(22-34-10-6-4-7-11-34)68-48(75)28-64-46(73)26-63-45(72)12-8-5-9-18-70-50(77)25-44(59(70)86)91(19-15-51(78)79,20-16-52(80)81)21-17-53(82)83/h4,6-7,10-11,23-24,40,42,88H,3,5,8-9,12-22,25-32H2,1-2H3,(H9-,63,64,65,66,67,68,72,73,74,75,76,78,79,80,81,82,83,84,86)/p+1/t40-,42?,61-/m0/s1. The lowest BCUT2D eigenvalue weighted by Gasteiger charge is -2.31. The van der Waals surface area contributed by atoms with E-state index in [9.17, 15) is 83.1 Å². The summed E-state index contributed by atoms with van der Waals surface area (Å²) in [5, 5.41) is 66.9. The summed E-state index contributed by atoms with van der Waals surface area (Å²) in [4.78, 5) is 159. The number of carbonyl (C=O) groups excluding carboxylic acids is 8. The second-order valence-electron chi connectivity index (χ2n) is 22.7. The number of hydrogen-bond donors (Lipinski definition) is 11. The van der Waals surface area contributed by atoms with Crippen molar-refractivity contribution in [3.05, 3.63) is 109 Å². The van der Waals surface area contributed by atoms with E-state index < -0.39 is 160 Å². The number of nitrogens with one attached hydrogen (secondary N) is 6. The van der Waals surface area contributed by atoms with Gasteiger partial charge in [-0.25, -0.2) is 14.2 Å². The van der Waals surface area contributed by atoms with Gasteiger partial charge in [0.2, 0.25) is 47.2 Å². The zero-order chi connectivity index (χ0) is 65.9. The number of ether oxygens (including phenoxy) is 2. The molecule has 0 radical (unpaired) electrons. The van der Waals surface area contributed by atoms with Gasteiger partial charge in [0, 0.05) is 42.0 Å². The highest BCUT2D eigenvalue weighted by Crippen LogP contribution is 2.70. The molecule has 91 heavy (non-hydrogen) atoms. The van der Waals surface area contributed by atoms with Gasteiger partial charge in [-0.3, -0.25) is 57.6 Å². The number of aliphatic hydroxyl groups excluding tert-OH is 1. The Bertz CT molecular complexity index is 3650. The Hall–Kier alpha value is -9.21. The third-order valence-corrected chi connectivity index (χ3v) is 21.6. The van der Waals surface area contributed by atoms with Gasteiger partial charge < -0.3 is 71.5 Å².